The molecule has 0 spiro atoms. The van der Waals surface area contributed by atoms with Crippen LogP contribution in [0.4, 0.5) is 0 Å². The van der Waals surface area contributed by atoms with Crippen LogP contribution in [0.15, 0.2) is 56.7 Å². The predicted molar refractivity (Wildman–Crippen MR) is 105 cm³/mol. The van der Waals surface area contributed by atoms with Gasteiger partial charge in [0.05, 0.1) is 16.3 Å². The van der Waals surface area contributed by atoms with Crippen molar-refractivity contribution in [3.63, 3.8) is 0 Å². The fourth-order valence-electron chi connectivity index (χ4n) is 2.62. The first-order valence-corrected chi connectivity index (χ1v) is 10.3. The van der Waals surface area contributed by atoms with Crippen molar-refractivity contribution >= 4 is 33.2 Å². The van der Waals surface area contributed by atoms with E-state index in [1.54, 1.807) is 31.2 Å². The summed E-state index contributed by atoms with van der Waals surface area (Å²) in [6, 6.07) is 9.76. The van der Waals surface area contributed by atoms with Gasteiger partial charge in [0.2, 0.25) is 10.0 Å². The molecule has 3 N–H and O–H groups in total. The molecule has 0 saturated carbocycles. The smallest absolute Gasteiger partial charge is 0.287 e. The van der Waals surface area contributed by atoms with Crippen LogP contribution in [-0.2, 0) is 21.4 Å². The third-order valence-corrected chi connectivity index (χ3v) is 5.76. The number of aldehydes is 1. The number of amides is 1. The molecule has 1 atom stereocenters. The van der Waals surface area contributed by atoms with E-state index in [-0.39, 0.29) is 28.3 Å². The molecule has 152 valence electrons. The number of nitrogens with one attached hydrogen (secondary N) is 3. The number of benzene rings is 2. The molecule has 0 fully saturated rings. The van der Waals surface area contributed by atoms with Gasteiger partial charge in [-0.2, -0.15) is 5.16 Å². The Morgan fingerprint density at radius 3 is 2.59 bits per heavy atom. The first-order chi connectivity index (χ1) is 13.8. The molecule has 0 unspecified atom stereocenters. The van der Waals surface area contributed by atoms with Crippen molar-refractivity contribution in [3.05, 3.63) is 63.9 Å². The average molecular weight is 417 g/mol. The van der Waals surface area contributed by atoms with Crippen molar-refractivity contribution in [2.24, 2.45) is 0 Å². The highest BCUT2D eigenvalue weighted by Crippen LogP contribution is 2.16. The molecule has 9 nitrogen and oxygen atoms in total. The SMILES string of the molecule is CC[C@@H](C=O)NC(=O)c1ccc(CNS(=O)(=O)c2ccc3o[nH]c(=O)c3c2)cc1. The van der Waals surface area contributed by atoms with Crippen LogP contribution in [0.25, 0.3) is 11.0 Å². The van der Waals surface area contributed by atoms with Crippen molar-refractivity contribution in [1.82, 2.24) is 15.2 Å². The van der Waals surface area contributed by atoms with Crippen LogP contribution in [0.3, 0.4) is 0 Å². The van der Waals surface area contributed by atoms with Gasteiger partial charge in [-0.15, -0.1) is 0 Å². The lowest BCUT2D eigenvalue weighted by Gasteiger charge is -2.11. The highest BCUT2D eigenvalue weighted by molar-refractivity contribution is 7.89. The summed E-state index contributed by atoms with van der Waals surface area (Å²) in [6.07, 6.45) is 1.17. The van der Waals surface area contributed by atoms with E-state index in [0.29, 0.717) is 23.8 Å². The molecule has 1 aromatic heterocycles. The lowest BCUT2D eigenvalue weighted by atomic mass is 10.1. The van der Waals surface area contributed by atoms with Crippen molar-refractivity contribution in [3.8, 4) is 0 Å². The summed E-state index contributed by atoms with van der Waals surface area (Å²) in [6.45, 7) is 1.78. The maximum Gasteiger partial charge on any atom is 0.287 e. The lowest BCUT2D eigenvalue weighted by molar-refractivity contribution is -0.109. The van der Waals surface area contributed by atoms with Crippen LogP contribution >= 0.6 is 0 Å². The highest BCUT2D eigenvalue weighted by Gasteiger charge is 2.17. The minimum absolute atomic E-state index is 0.00403. The van der Waals surface area contributed by atoms with E-state index in [9.17, 15) is 22.8 Å². The molecule has 0 radical (unpaired) electrons. The molecular formula is C19H19N3O6S. The monoisotopic (exact) mass is 417 g/mol. The van der Waals surface area contributed by atoms with E-state index in [1.165, 1.54) is 18.2 Å². The Balaban J connectivity index is 1.68. The number of carbonyl (C=O) groups is 2. The normalized spacial score (nSPS) is 12.6. The number of H-pyrrole nitrogens is 1. The Bertz CT molecular complexity index is 1190. The maximum atomic E-state index is 12.5. The van der Waals surface area contributed by atoms with Crippen molar-refractivity contribution in [2.45, 2.75) is 30.8 Å². The largest absolute Gasteiger partial charge is 0.378 e. The van der Waals surface area contributed by atoms with Gasteiger partial charge in [0, 0.05) is 12.1 Å². The zero-order chi connectivity index (χ0) is 21.0. The Kier molecular flexibility index (Phi) is 5.95. The summed E-state index contributed by atoms with van der Waals surface area (Å²) in [5.41, 5.74) is 0.754. The Labute approximate surface area is 166 Å². The molecule has 0 aliphatic rings. The summed E-state index contributed by atoms with van der Waals surface area (Å²) >= 11 is 0. The number of hydrogen-bond acceptors (Lipinski definition) is 6. The van der Waals surface area contributed by atoms with Crippen LogP contribution in [0.5, 0.6) is 0 Å². The van der Waals surface area contributed by atoms with Gasteiger partial charge in [0.15, 0.2) is 5.58 Å². The molecule has 0 aliphatic carbocycles. The van der Waals surface area contributed by atoms with Crippen molar-refractivity contribution in [2.75, 3.05) is 0 Å². The van der Waals surface area contributed by atoms with E-state index < -0.39 is 21.6 Å². The number of aromatic amines is 1. The number of fused-ring (bicyclic) bond motifs is 1. The second kappa shape index (κ2) is 8.41. The van der Waals surface area contributed by atoms with Crippen LogP contribution in [0.1, 0.15) is 29.3 Å². The summed E-state index contributed by atoms with van der Waals surface area (Å²) < 4.78 is 32.3. The van der Waals surface area contributed by atoms with Crippen molar-refractivity contribution < 1.29 is 22.5 Å². The topological polar surface area (TPSA) is 138 Å². The Hall–Kier alpha value is -3.24. The zero-order valence-corrected chi connectivity index (χ0v) is 16.3. The van der Waals surface area contributed by atoms with E-state index in [0.717, 1.165) is 0 Å². The summed E-state index contributed by atoms with van der Waals surface area (Å²) in [5.74, 6) is -0.380. The zero-order valence-electron chi connectivity index (χ0n) is 15.5. The first kappa shape index (κ1) is 20.5. The minimum Gasteiger partial charge on any atom is -0.378 e. The van der Waals surface area contributed by atoms with Gasteiger partial charge in [0.1, 0.15) is 6.29 Å². The maximum absolute atomic E-state index is 12.5. The van der Waals surface area contributed by atoms with E-state index in [2.05, 4.69) is 15.2 Å². The highest BCUT2D eigenvalue weighted by atomic mass is 32.2. The van der Waals surface area contributed by atoms with Crippen LogP contribution in [0.2, 0.25) is 0 Å². The van der Waals surface area contributed by atoms with E-state index >= 15 is 0 Å². The van der Waals surface area contributed by atoms with Crippen LogP contribution in [-0.4, -0.2) is 31.8 Å². The fraction of sp³-hybridized carbons (Fsp3) is 0.211. The number of carbonyl (C=O) groups excluding carboxylic acids is 2. The van der Waals surface area contributed by atoms with Crippen molar-refractivity contribution in [1.29, 1.82) is 0 Å². The quantitative estimate of drug-likeness (QED) is 0.472. The number of rotatable bonds is 8. The standard InChI is InChI=1S/C19H19N3O6S/c1-2-14(11-23)21-18(24)13-5-3-12(4-6-13)10-20-29(26,27)15-7-8-17-16(9-15)19(25)22-28-17/h3-9,11,14,20H,2,10H2,1H3,(H,21,24)(H,22,25)/t14-/m0/s1. The van der Waals surface area contributed by atoms with Gasteiger partial charge >= 0.3 is 0 Å². The first-order valence-electron chi connectivity index (χ1n) is 8.80. The molecular weight excluding hydrogens is 398 g/mol. The van der Waals surface area contributed by atoms with E-state index in [1.807, 2.05) is 0 Å². The fourth-order valence-corrected chi connectivity index (χ4v) is 3.66. The molecule has 0 aliphatic heterocycles. The van der Waals surface area contributed by atoms with E-state index in [4.69, 9.17) is 4.52 Å². The summed E-state index contributed by atoms with van der Waals surface area (Å²) in [5, 5.41) is 4.88. The Morgan fingerprint density at radius 2 is 1.93 bits per heavy atom. The van der Waals surface area contributed by atoms with Gasteiger partial charge < -0.3 is 14.6 Å². The second-order valence-electron chi connectivity index (χ2n) is 6.34. The molecule has 0 bridgehead atoms. The van der Waals surface area contributed by atoms with Gasteiger partial charge in [0.25, 0.3) is 11.5 Å². The van der Waals surface area contributed by atoms with Gasteiger partial charge in [-0.25, -0.2) is 13.1 Å². The van der Waals surface area contributed by atoms with Crippen LogP contribution in [0, 0.1) is 0 Å². The minimum atomic E-state index is -3.86. The number of hydrogen-bond donors (Lipinski definition) is 3. The molecule has 3 rings (SSSR count). The molecule has 1 amide bonds. The number of aromatic nitrogens is 1. The van der Waals surface area contributed by atoms with Gasteiger partial charge in [-0.05, 0) is 42.3 Å². The summed E-state index contributed by atoms with van der Waals surface area (Å²) in [4.78, 5) is 34.5. The summed E-state index contributed by atoms with van der Waals surface area (Å²) in [7, 11) is -3.86. The molecule has 2 aromatic carbocycles. The number of sulfonamides is 1. The predicted octanol–water partition coefficient (Wildman–Crippen LogP) is 1.31. The lowest BCUT2D eigenvalue weighted by Crippen LogP contribution is -2.35. The molecule has 3 aromatic rings. The second-order valence-corrected chi connectivity index (χ2v) is 8.10. The van der Waals surface area contributed by atoms with Gasteiger partial charge in [-0.3, -0.25) is 9.59 Å². The molecule has 10 heteroatoms. The third-order valence-electron chi connectivity index (χ3n) is 4.36. The average Bonchev–Trinajstić information content (AvgIpc) is 3.11. The molecule has 1 heterocycles. The Morgan fingerprint density at radius 1 is 1.21 bits per heavy atom. The third kappa shape index (κ3) is 4.61. The molecule has 0 saturated heterocycles. The van der Waals surface area contributed by atoms with Gasteiger partial charge in [-0.1, -0.05) is 19.1 Å². The molecule has 29 heavy (non-hydrogen) atoms. The van der Waals surface area contributed by atoms with Crippen LogP contribution < -0.4 is 15.6 Å².